The molecule has 106 valence electrons. The second-order valence-corrected chi connectivity index (χ2v) is 5.13. The van der Waals surface area contributed by atoms with Crippen molar-refractivity contribution in [3.8, 4) is 0 Å². The molecule has 0 heterocycles. The van der Waals surface area contributed by atoms with Crippen molar-refractivity contribution in [2.45, 2.75) is 71.6 Å². The van der Waals surface area contributed by atoms with Gasteiger partial charge in [-0.3, -0.25) is 4.79 Å². The van der Waals surface area contributed by atoms with Crippen molar-refractivity contribution in [1.29, 1.82) is 0 Å². The summed E-state index contributed by atoms with van der Waals surface area (Å²) < 4.78 is 0. The van der Waals surface area contributed by atoms with Gasteiger partial charge in [-0.15, -0.1) is 0 Å². The maximum Gasteiger partial charge on any atom is 0.219 e. The molecule has 0 fully saturated rings. The summed E-state index contributed by atoms with van der Waals surface area (Å²) in [5.41, 5.74) is 0. The first kappa shape index (κ1) is 17.2. The fourth-order valence-corrected chi connectivity index (χ4v) is 1.88. The van der Waals surface area contributed by atoms with Gasteiger partial charge in [0, 0.05) is 20.5 Å². The third-order valence-electron chi connectivity index (χ3n) is 3.31. The van der Waals surface area contributed by atoms with E-state index in [0.29, 0.717) is 0 Å². The van der Waals surface area contributed by atoms with Crippen LogP contribution in [0, 0.1) is 0 Å². The van der Waals surface area contributed by atoms with E-state index < -0.39 is 0 Å². The summed E-state index contributed by atoms with van der Waals surface area (Å²) in [5, 5.41) is 0. The second-order valence-electron chi connectivity index (χ2n) is 5.13. The number of carbonyl (C=O) groups is 1. The molecule has 0 aromatic rings. The van der Waals surface area contributed by atoms with Crippen LogP contribution < -0.4 is 0 Å². The van der Waals surface area contributed by atoms with Crippen LogP contribution in [0.1, 0.15) is 71.6 Å². The fraction of sp³-hybridized carbons (Fsp3) is 0.812. The SMILES string of the molecule is CCCCCCCCCC/C=C/CN(C)C(C)=O. The van der Waals surface area contributed by atoms with E-state index in [9.17, 15) is 4.79 Å². The minimum atomic E-state index is 0.131. The van der Waals surface area contributed by atoms with Crippen LogP contribution in [0.5, 0.6) is 0 Å². The second kappa shape index (κ2) is 12.7. The van der Waals surface area contributed by atoms with Crippen molar-refractivity contribution in [3.05, 3.63) is 12.2 Å². The summed E-state index contributed by atoms with van der Waals surface area (Å²) in [6.07, 6.45) is 16.4. The number of unbranched alkanes of at least 4 members (excludes halogenated alkanes) is 8. The Labute approximate surface area is 113 Å². The number of likely N-dealkylation sites (N-methyl/N-ethyl adjacent to an activating group) is 1. The van der Waals surface area contributed by atoms with Gasteiger partial charge in [0.05, 0.1) is 0 Å². The molecule has 0 aliphatic carbocycles. The van der Waals surface area contributed by atoms with E-state index in [-0.39, 0.29) is 5.91 Å². The highest BCUT2D eigenvalue weighted by molar-refractivity contribution is 5.72. The molecule has 0 atom stereocenters. The predicted molar refractivity (Wildman–Crippen MR) is 79.7 cm³/mol. The predicted octanol–water partition coefficient (Wildman–Crippen LogP) is 4.55. The normalized spacial score (nSPS) is 11.1. The van der Waals surface area contributed by atoms with E-state index in [2.05, 4.69) is 19.1 Å². The van der Waals surface area contributed by atoms with E-state index in [4.69, 9.17) is 0 Å². The molecule has 0 aromatic carbocycles. The lowest BCUT2D eigenvalue weighted by atomic mass is 10.1. The highest BCUT2D eigenvalue weighted by Crippen LogP contribution is 2.09. The van der Waals surface area contributed by atoms with Gasteiger partial charge < -0.3 is 4.90 Å². The number of amides is 1. The molecule has 0 aliphatic heterocycles. The van der Waals surface area contributed by atoms with Gasteiger partial charge in [0.15, 0.2) is 0 Å². The molecule has 0 radical (unpaired) electrons. The Morgan fingerprint density at radius 1 is 0.944 bits per heavy atom. The Hall–Kier alpha value is -0.790. The minimum absolute atomic E-state index is 0.131. The van der Waals surface area contributed by atoms with Crippen molar-refractivity contribution in [2.75, 3.05) is 13.6 Å². The van der Waals surface area contributed by atoms with Crippen LogP contribution in [0.4, 0.5) is 0 Å². The summed E-state index contributed by atoms with van der Waals surface area (Å²) in [6, 6.07) is 0. The Balaban J connectivity index is 3.20. The molecular formula is C16H31NO. The van der Waals surface area contributed by atoms with E-state index in [1.54, 1.807) is 11.8 Å². The number of rotatable bonds is 11. The summed E-state index contributed by atoms with van der Waals surface area (Å²) >= 11 is 0. The molecular weight excluding hydrogens is 222 g/mol. The third-order valence-corrected chi connectivity index (χ3v) is 3.31. The van der Waals surface area contributed by atoms with Crippen molar-refractivity contribution in [1.82, 2.24) is 4.90 Å². The van der Waals surface area contributed by atoms with Crippen molar-refractivity contribution in [2.24, 2.45) is 0 Å². The summed E-state index contributed by atoms with van der Waals surface area (Å²) in [6.45, 7) is 4.61. The van der Waals surface area contributed by atoms with Gasteiger partial charge in [0.25, 0.3) is 0 Å². The number of nitrogens with zero attached hydrogens (tertiary/aromatic N) is 1. The number of hydrogen-bond donors (Lipinski definition) is 0. The first-order chi connectivity index (χ1) is 8.68. The van der Waals surface area contributed by atoms with Gasteiger partial charge in [-0.25, -0.2) is 0 Å². The Morgan fingerprint density at radius 2 is 1.50 bits per heavy atom. The van der Waals surface area contributed by atoms with Gasteiger partial charge >= 0.3 is 0 Å². The first-order valence-electron chi connectivity index (χ1n) is 7.55. The van der Waals surface area contributed by atoms with Crippen LogP contribution in [0.25, 0.3) is 0 Å². The lowest BCUT2D eigenvalue weighted by molar-refractivity contribution is -0.127. The van der Waals surface area contributed by atoms with Crippen molar-refractivity contribution >= 4 is 5.91 Å². The average molecular weight is 253 g/mol. The summed E-state index contributed by atoms with van der Waals surface area (Å²) in [7, 11) is 1.84. The molecule has 0 saturated heterocycles. The molecule has 0 aliphatic rings. The Kier molecular flexibility index (Phi) is 12.1. The third kappa shape index (κ3) is 11.7. The molecule has 0 aromatic heterocycles. The average Bonchev–Trinajstić information content (AvgIpc) is 2.35. The fourth-order valence-electron chi connectivity index (χ4n) is 1.88. The Morgan fingerprint density at radius 3 is 2.06 bits per heavy atom. The molecule has 0 spiro atoms. The van der Waals surface area contributed by atoms with E-state index in [1.165, 1.54) is 51.4 Å². The molecule has 0 N–H and O–H groups in total. The maximum atomic E-state index is 10.9. The van der Waals surface area contributed by atoms with Crippen LogP contribution >= 0.6 is 0 Å². The van der Waals surface area contributed by atoms with Crippen LogP contribution in [-0.2, 0) is 4.79 Å². The molecule has 2 heteroatoms. The zero-order chi connectivity index (χ0) is 13.6. The van der Waals surface area contributed by atoms with Gasteiger partial charge in [0.2, 0.25) is 5.91 Å². The van der Waals surface area contributed by atoms with E-state index in [1.807, 2.05) is 7.05 Å². The standard InChI is InChI=1S/C16H31NO/c1-4-5-6-7-8-9-10-11-12-13-14-15-17(3)16(2)18/h13-14H,4-12,15H2,1-3H3/b14-13+. The lowest BCUT2D eigenvalue weighted by Crippen LogP contribution is -2.23. The molecule has 2 nitrogen and oxygen atoms in total. The van der Waals surface area contributed by atoms with E-state index in [0.717, 1.165) is 13.0 Å². The zero-order valence-corrected chi connectivity index (χ0v) is 12.6. The van der Waals surface area contributed by atoms with Crippen LogP contribution in [0.3, 0.4) is 0 Å². The zero-order valence-electron chi connectivity index (χ0n) is 12.6. The monoisotopic (exact) mass is 253 g/mol. The minimum Gasteiger partial charge on any atom is -0.342 e. The topological polar surface area (TPSA) is 20.3 Å². The lowest BCUT2D eigenvalue weighted by Gasteiger charge is -2.10. The summed E-state index contributed by atoms with van der Waals surface area (Å²) in [5.74, 6) is 0.131. The molecule has 18 heavy (non-hydrogen) atoms. The molecule has 0 bridgehead atoms. The maximum absolute atomic E-state index is 10.9. The van der Waals surface area contributed by atoms with Crippen LogP contribution in [0.2, 0.25) is 0 Å². The van der Waals surface area contributed by atoms with Crippen LogP contribution in [0.15, 0.2) is 12.2 Å². The van der Waals surface area contributed by atoms with Crippen molar-refractivity contribution < 1.29 is 4.79 Å². The van der Waals surface area contributed by atoms with Crippen LogP contribution in [-0.4, -0.2) is 24.4 Å². The van der Waals surface area contributed by atoms with Gasteiger partial charge in [0.1, 0.15) is 0 Å². The summed E-state index contributed by atoms with van der Waals surface area (Å²) in [4.78, 5) is 12.7. The largest absolute Gasteiger partial charge is 0.342 e. The molecule has 1 amide bonds. The van der Waals surface area contributed by atoms with Gasteiger partial charge in [-0.1, -0.05) is 64.0 Å². The number of hydrogen-bond acceptors (Lipinski definition) is 1. The molecule has 0 saturated carbocycles. The van der Waals surface area contributed by atoms with E-state index >= 15 is 0 Å². The molecule has 0 unspecified atom stereocenters. The smallest absolute Gasteiger partial charge is 0.219 e. The first-order valence-corrected chi connectivity index (χ1v) is 7.55. The highest BCUT2D eigenvalue weighted by Gasteiger charge is 1.96. The Bertz CT molecular complexity index is 223. The molecule has 0 rings (SSSR count). The van der Waals surface area contributed by atoms with Gasteiger partial charge in [-0.2, -0.15) is 0 Å². The van der Waals surface area contributed by atoms with Gasteiger partial charge in [-0.05, 0) is 12.8 Å². The highest BCUT2D eigenvalue weighted by atomic mass is 16.2. The number of carbonyl (C=O) groups excluding carboxylic acids is 1. The number of allylic oxidation sites excluding steroid dienone is 1. The quantitative estimate of drug-likeness (QED) is 0.391. The van der Waals surface area contributed by atoms with Crippen molar-refractivity contribution in [3.63, 3.8) is 0 Å².